The summed E-state index contributed by atoms with van der Waals surface area (Å²) in [5, 5.41) is 2.91. The maximum absolute atomic E-state index is 14.2. The molecule has 18 heavy (non-hydrogen) atoms. The van der Waals surface area contributed by atoms with Gasteiger partial charge in [0.1, 0.15) is 0 Å². The summed E-state index contributed by atoms with van der Waals surface area (Å²) in [7, 11) is 0. The highest BCUT2D eigenvalue weighted by Gasteiger charge is 2.12. The number of benzene rings is 2. The van der Waals surface area contributed by atoms with Gasteiger partial charge in [0.25, 0.3) is 0 Å². The Hall–Kier alpha value is -1.87. The predicted molar refractivity (Wildman–Crippen MR) is 71.1 cm³/mol. The molecule has 0 atom stereocenters. The fourth-order valence-electron chi connectivity index (χ4n) is 1.71. The lowest BCUT2D eigenvalue weighted by atomic mass is 10.0. The first-order valence-electron chi connectivity index (χ1n) is 5.40. The Morgan fingerprint density at radius 2 is 1.78 bits per heavy atom. The van der Waals surface area contributed by atoms with Gasteiger partial charge in [-0.05, 0) is 12.1 Å². The lowest BCUT2D eigenvalue weighted by Crippen LogP contribution is -2.07. The van der Waals surface area contributed by atoms with E-state index in [2.05, 4.69) is 5.32 Å². The Bertz CT molecular complexity index is 598. The van der Waals surface area contributed by atoms with E-state index >= 15 is 0 Å². The van der Waals surface area contributed by atoms with Crippen molar-refractivity contribution in [3.63, 3.8) is 0 Å². The van der Waals surface area contributed by atoms with Gasteiger partial charge in [-0.1, -0.05) is 41.9 Å². The van der Waals surface area contributed by atoms with Crippen LogP contribution in [-0.2, 0) is 4.79 Å². The summed E-state index contributed by atoms with van der Waals surface area (Å²) in [6, 6.07) is 11.8. The molecule has 1 N–H and O–H groups in total. The van der Waals surface area contributed by atoms with Gasteiger partial charge in [0.05, 0.1) is 5.69 Å². The molecular weight excluding hydrogens is 253 g/mol. The molecule has 0 unspecified atom stereocenters. The first-order chi connectivity index (χ1) is 8.59. The Morgan fingerprint density at radius 3 is 2.44 bits per heavy atom. The molecule has 0 aliphatic heterocycles. The molecule has 0 aliphatic carbocycles. The van der Waals surface area contributed by atoms with Crippen molar-refractivity contribution in [2.45, 2.75) is 6.92 Å². The summed E-state index contributed by atoms with van der Waals surface area (Å²) in [6.07, 6.45) is 0. The minimum Gasteiger partial charge on any atom is -0.324 e. The monoisotopic (exact) mass is 263 g/mol. The number of hydrogen-bond donors (Lipinski definition) is 1. The van der Waals surface area contributed by atoms with Crippen molar-refractivity contribution in [1.82, 2.24) is 0 Å². The zero-order valence-corrected chi connectivity index (χ0v) is 10.5. The molecule has 1 amide bonds. The van der Waals surface area contributed by atoms with Gasteiger partial charge in [-0.25, -0.2) is 4.39 Å². The van der Waals surface area contributed by atoms with Crippen molar-refractivity contribution >= 4 is 23.2 Å². The van der Waals surface area contributed by atoms with Crippen LogP contribution in [0.5, 0.6) is 0 Å². The quantitative estimate of drug-likeness (QED) is 0.868. The van der Waals surface area contributed by atoms with Crippen LogP contribution in [0.3, 0.4) is 0 Å². The zero-order valence-electron chi connectivity index (χ0n) is 9.71. The molecule has 0 aliphatic rings. The number of nitrogens with one attached hydrogen (secondary N) is 1. The topological polar surface area (TPSA) is 29.1 Å². The summed E-state index contributed by atoms with van der Waals surface area (Å²) in [5.74, 6) is -0.800. The van der Waals surface area contributed by atoms with Crippen LogP contribution in [0.2, 0.25) is 5.02 Å². The van der Waals surface area contributed by atoms with Gasteiger partial charge < -0.3 is 5.32 Å². The normalized spacial score (nSPS) is 10.2. The van der Waals surface area contributed by atoms with E-state index in [1.54, 1.807) is 36.4 Å². The molecule has 0 saturated heterocycles. The molecule has 2 aromatic carbocycles. The predicted octanol–water partition coefficient (Wildman–Crippen LogP) is 4.10. The number of hydrogen-bond acceptors (Lipinski definition) is 1. The van der Waals surface area contributed by atoms with E-state index in [0.717, 1.165) is 0 Å². The Balaban J connectivity index is 2.53. The van der Waals surface area contributed by atoms with Crippen molar-refractivity contribution in [2.75, 3.05) is 5.32 Å². The maximum Gasteiger partial charge on any atom is 0.221 e. The third-order valence-electron chi connectivity index (χ3n) is 2.47. The van der Waals surface area contributed by atoms with Crippen molar-refractivity contribution in [3.05, 3.63) is 53.3 Å². The second-order valence-corrected chi connectivity index (χ2v) is 4.24. The van der Waals surface area contributed by atoms with E-state index in [1.807, 2.05) is 0 Å². The van der Waals surface area contributed by atoms with E-state index in [-0.39, 0.29) is 11.6 Å². The first kappa shape index (κ1) is 12.6. The van der Waals surface area contributed by atoms with Gasteiger partial charge in [0, 0.05) is 23.1 Å². The van der Waals surface area contributed by atoms with Gasteiger partial charge >= 0.3 is 0 Å². The van der Waals surface area contributed by atoms with Gasteiger partial charge in [-0.15, -0.1) is 0 Å². The molecule has 4 heteroatoms. The summed E-state index contributed by atoms with van der Waals surface area (Å²) in [4.78, 5) is 11.0. The standard InChI is InChI=1S/C14H11ClFNO/c1-9(18)17-13-8-4-6-11(14(13)16)10-5-2-3-7-12(10)15/h2-8H,1H3,(H,17,18). The van der Waals surface area contributed by atoms with E-state index in [9.17, 15) is 9.18 Å². The minimum atomic E-state index is -0.485. The fraction of sp³-hybridized carbons (Fsp3) is 0.0714. The molecule has 92 valence electrons. The van der Waals surface area contributed by atoms with E-state index < -0.39 is 5.82 Å². The molecular formula is C14H11ClFNO. The smallest absolute Gasteiger partial charge is 0.221 e. The second kappa shape index (κ2) is 5.19. The van der Waals surface area contributed by atoms with Gasteiger partial charge in [-0.3, -0.25) is 4.79 Å². The highest BCUT2D eigenvalue weighted by atomic mass is 35.5. The minimum absolute atomic E-state index is 0.153. The van der Waals surface area contributed by atoms with Gasteiger partial charge in [-0.2, -0.15) is 0 Å². The molecule has 0 radical (unpaired) electrons. The molecule has 0 aromatic heterocycles. The summed E-state index contributed by atoms with van der Waals surface area (Å²) in [6.45, 7) is 1.33. The first-order valence-corrected chi connectivity index (χ1v) is 5.78. The SMILES string of the molecule is CC(=O)Nc1cccc(-c2ccccc2Cl)c1F. The Kier molecular flexibility index (Phi) is 3.63. The lowest BCUT2D eigenvalue weighted by Gasteiger charge is -2.09. The van der Waals surface area contributed by atoms with Crippen LogP contribution in [0.15, 0.2) is 42.5 Å². The average molecular weight is 264 g/mol. The van der Waals surface area contributed by atoms with Crippen LogP contribution in [-0.4, -0.2) is 5.91 Å². The number of rotatable bonds is 2. The third-order valence-corrected chi connectivity index (χ3v) is 2.80. The molecule has 0 bridgehead atoms. The Morgan fingerprint density at radius 1 is 1.11 bits per heavy atom. The van der Waals surface area contributed by atoms with Crippen LogP contribution in [0.4, 0.5) is 10.1 Å². The molecule has 2 rings (SSSR count). The van der Waals surface area contributed by atoms with Crippen molar-refractivity contribution in [1.29, 1.82) is 0 Å². The van der Waals surface area contributed by atoms with Crippen LogP contribution < -0.4 is 5.32 Å². The molecule has 0 heterocycles. The fourth-order valence-corrected chi connectivity index (χ4v) is 1.94. The lowest BCUT2D eigenvalue weighted by molar-refractivity contribution is -0.114. The highest BCUT2D eigenvalue weighted by molar-refractivity contribution is 6.33. The van der Waals surface area contributed by atoms with E-state index in [1.165, 1.54) is 13.0 Å². The van der Waals surface area contributed by atoms with E-state index in [4.69, 9.17) is 11.6 Å². The highest BCUT2D eigenvalue weighted by Crippen LogP contribution is 2.32. The third kappa shape index (κ3) is 2.51. The number of amides is 1. The number of halogens is 2. The number of carbonyl (C=O) groups is 1. The number of anilines is 1. The maximum atomic E-state index is 14.2. The Labute approximate surface area is 109 Å². The molecule has 0 fully saturated rings. The van der Waals surface area contributed by atoms with Gasteiger partial charge in [0.2, 0.25) is 5.91 Å². The second-order valence-electron chi connectivity index (χ2n) is 3.83. The number of carbonyl (C=O) groups excluding carboxylic acids is 1. The van der Waals surface area contributed by atoms with Crippen molar-refractivity contribution < 1.29 is 9.18 Å². The van der Waals surface area contributed by atoms with Crippen LogP contribution in [0, 0.1) is 5.82 Å². The average Bonchev–Trinajstić information content (AvgIpc) is 2.32. The van der Waals surface area contributed by atoms with Crippen LogP contribution in [0.25, 0.3) is 11.1 Å². The summed E-state index contributed by atoms with van der Waals surface area (Å²) < 4.78 is 14.2. The zero-order chi connectivity index (χ0) is 13.1. The van der Waals surface area contributed by atoms with Crippen molar-refractivity contribution in [2.24, 2.45) is 0 Å². The molecule has 0 spiro atoms. The molecule has 0 saturated carbocycles. The van der Waals surface area contributed by atoms with E-state index in [0.29, 0.717) is 16.1 Å². The largest absolute Gasteiger partial charge is 0.324 e. The van der Waals surface area contributed by atoms with Crippen molar-refractivity contribution in [3.8, 4) is 11.1 Å². The molecule has 2 aromatic rings. The van der Waals surface area contributed by atoms with Crippen LogP contribution >= 0.6 is 11.6 Å². The van der Waals surface area contributed by atoms with Crippen LogP contribution in [0.1, 0.15) is 6.92 Å². The molecule has 2 nitrogen and oxygen atoms in total. The summed E-state index contributed by atoms with van der Waals surface area (Å²) >= 11 is 6.03. The summed E-state index contributed by atoms with van der Waals surface area (Å²) in [5.41, 5.74) is 1.12. The van der Waals surface area contributed by atoms with Gasteiger partial charge in [0.15, 0.2) is 5.82 Å².